The molecule has 3 N–H and O–H groups in total. The van der Waals surface area contributed by atoms with Crippen molar-refractivity contribution >= 4 is 16.6 Å². The summed E-state index contributed by atoms with van der Waals surface area (Å²) in [4.78, 5) is 4.66. The molecule has 5 heteroatoms. The number of pyridine rings is 1. The number of hydrogen-bond donors (Lipinski definition) is 2. The van der Waals surface area contributed by atoms with Gasteiger partial charge in [0, 0.05) is 17.1 Å². The smallest absolute Gasteiger partial charge is 0.163 e. The van der Waals surface area contributed by atoms with E-state index in [4.69, 9.17) is 15.3 Å². The summed E-state index contributed by atoms with van der Waals surface area (Å²) < 4.78 is 11.2. The number of fused-ring (bicyclic) bond motifs is 2. The normalized spacial score (nSPS) is 13.9. The van der Waals surface area contributed by atoms with Gasteiger partial charge < -0.3 is 14.9 Å². The summed E-state index contributed by atoms with van der Waals surface area (Å²) in [6.45, 7) is 5.35. The summed E-state index contributed by atoms with van der Waals surface area (Å²) >= 11 is 0. The predicted molar refractivity (Wildman–Crippen MR) is 74.6 cm³/mol. The van der Waals surface area contributed by atoms with Crippen molar-refractivity contribution in [2.45, 2.75) is 19.8 Å². The van der Waals surface area contributed by atoms with Gasteiger partial charge in [-0.15, -0.1) is 0 Å². The maximum atomic E-state index is 5.61. The summed E-state index contributed by atoms with van der Waals surface area (Å²) in [5, 5.41) is 0.941. The SMILES string of the molecule is CC(C)c1cc(NN)c2cc3c(cc2n1)OCCO3. The zero-order chi connectivity index (χ0) is 13.4. The summed E-state index contributed by atoms with van der Waals surface area (Å²) in [5.41, 5.74) is 5.45. The maximum absolute atomic E-state index is 5.61. The second kappa shape index (κ2) is 4.59. The molecule has 1 aromatic heterocycles. The number of rotatable bonds is 2. The summed E-state index contributed by atoms with van der Waals surface area (Å²) in [6.07, 6.45) is 0. The average molecular weight is 259 g/mol. The van der Waals surface area contributed by atoms with E-state index in [1.54, 1.807) is 0 Å². The van der Waals surface area contributed by atoms with Crippen molar-refractivity contribution in [2.75, 3.05) is 18.6 Å². The lowest BCUT2D eigenvalue weighted by atomic mass is 10.1. The van der Waals surface area contributed by atoms with Gasteiger partial charge in [0.05, 0.1) is 11.2 Å². The first-order valence-corrected chi connectivity index (χ1v) is 6.40. The van der Waals surface area contributed by atoms with Crippen molar-refractivity contribution in [2.24, 2.45) is 5.84 Å². The molecule has 0 bridgehead atoms. The Morgan fingerprint density at radius 2 is 1.84 bits per heavy atom. The number of ether oxygens (including phenoxy) is 2. The van der Waals surface area contributed by atoms with Gasteiger partial charge in [0.15, 0.2) is 11.5 Å². The van der Waals surface area contributed by atoms with E-state index in [9.17, 15) is 0 Å². The number of hydrazine groups is 1. The molecule has 0 radical (unpaired) electrons. The number of anilines is 1. The molecule has 2 aromatic rings. The Kier molecular flexibility index (Phi) is 2.91. The van der Waals surface area contributed by atoms with Gasteiger partial charge in [-0.2, -0.15) is 0 Å². The molecule has 0 amide bonds. The van der Waals surface area contributed by atoms with Crippen LogP contribution in [0.3, 0.4) is 0 Å². The minimum Gasteiger partial charge on any atom is -0.486 e. The molecule has 1 aliphatic heterocycles. The van der Waals surface area contributed by atoms with Crippen LogP contribution in [0.5, 0.6) is 11.5 Å². The number of benzene rings is 1. The average Bonchev–Trinajstić information content (AvgIpc) is 2.43. The van der Waals surface area contributed by atoms with Crippen molar-refractivity contribution < 1.29 is 9.47 Å². The highest BCUT2D eigenvalue weighted by molar-refractivity contribution is 5.93. The van der Waals surface area contributed by atoms with E-state index >= 15 is 0 Å². The fraction of sp³-hybridized carbons (Fsp3) is 0.357. The molecule has 0 aliphatic carbocycles. The van der Waals surface area contributed by atoms with E-state index in [-0.39, 0.29) is 0 Å². The predicted octanol–water partition coefficient (Wildman–Crippen LogP) is 2.42. The summed E-state index contributed by atoms with van der Waals surface area (Å²) in [7, 11) is 0. The van der Waals surface area contributed by atoms with Crippen LogP contribution in [-0.4, -0.2) is 18.2 Å². The molecule has 1 aromatic carbocycles. The quantitative estimate of drug-likeness (QED) is 0.640. The standard InChI is InChI=1S/C14H17N3O2/c1-8(2)10-6-12(17-15)9-5-13-14(7-11(9)16-10)19-4-3-18-13/h5-8H,3-4,15H2,1-2H3,(H,16,17). The van der Waals surface area contributed by atoms with E-state index in [1.165, 1.54) is 0 Å². The van der Waals surface area contributed by atoms with Gasteiger partial charge in [-0.3, -0.25) is 10.8 Å². The highest BCUT2D eigenvalue weighted by Gasteiger charge is 2.16. The third-order valence-electron chi connectivity index (χ3n) is 3.24. The fourth-order valence-electron chi connectivity index (χ4n) is 2.20. The van der Waals surface area contributed by atoms with E-state index in [0.29, 0.717) is 19.1 Å². The van der Waals surface area contributed by atoms with Crippen LogP contribution in [0.25, 0.3) is 10.9 Å². The van der Waals surface area contributed by atoms with Crippen molar-refractivity contribution in [3.05, 3.63) is 23.9 Å². The van der Waals surface area contributed by atoms with Crippen molar-refractivity contribution in [1.82, 2.24) is 4.98 Å². The zero-order valence-corrected chi connectivity index (χ0v) is 11.1. The molecule has 19 heavy (non-hydrogen) atoms. The van der Waals surface area contributed by atoms with Crippen molar-refractivity contribution in [1.29, 1.82) is 0 Å². The Hall–Kier alpha value is -2.01. The van der Waals surface area contributed by atoms with Gasteiger partial charge in [-0.25, -0.2) is 0 Å². The molecule has 0 spiro atoms. The van der Waals surface area contributed by atoms with E-state index in [1.807, 2.05) is 18.2 Å². The van der Waals surface area contributed by atoms with Gasteiger partial charge in [-0.1, -0.05) is 13.8 Å². The number of nitrogen functional groups attached to an aromatic ring is 1. The van der Waals surface area contributed by atoms with Crippen LogP contribution < -0.4 is 20.7 Å². The van der Waals surface area contributed by atoms with Crippen LogP contribution in [-0.2, 0) is 0 Å². The molecule has 0 saturated carbocycles. The van der Waals surface area contributed by atoms with Crippen LogP contribution >= 0.6 is 0 Å². The molecule has 0 fully saturated rings. The molecule has 2 heterocycles. The monoisotopic (exact) mass is 259 g/mol. The Morgan fingerprint density at radius 1 is 1.16 bits per heavy atom. The molecule has 1 aliphatic rings. The second-order valence-corrected chi connectivity index (χ2v) is 4.91. The molecular formula is C14H17N3O2. The first kappa shape index (κ1) is 12.0. The summed E-state index contributed by atoms with van der Waals surface area (Å²) in [6, 6.07) is 5.82. The molecular weight excluding hydrogens is 242 g/mol. The van der Waals surface area contributed by atoms with Crippen LogP contribution in [0.1, 0.15) is 25.5 Å². The largest absolute Gasteiger partial charge is 0.486 e. The zero-order valence-electron chi connectivity index (χ0n) is 11.1. The Balaban J connectivity index is 2.25. The fourth-order valence-corrected chi connectivity index (χ4v) is 2.20. The Bertz CT molecular complexity index is 626. The lowest BCUT2D eigenvalue weighted by molar-refractivity contribution is 0.172. The molecule has 0 unspecified atom stereocenters. The number of nitrogens with one attached hydrogen (secondary N) is 1. The van der Waals surface area contributed by atoms with Crippen LogP contribution in [0, 0.1) is 0 Å². The topological polar surface area (TPSA) is 69.4 Å². The van der Waals surface area contributed by atoms with Gasteiger partial charge >= 0.3 is 0 Å². The molecule has 3 rings (SSSR count). The third kappa shape index (κ3) is 2.06. The highest BCUT2D eigenvalue weighted by Crippen LogP contribution is 2.37. The van der Waals surface area contributed by atoms with Crippen molar-refractivity contribution in [3.63, 3.8) is 0 Å². The van der Waals surface area contributed by atoms with Gasteiger partial charge in [0.2, 0.25) is 0 Å². The first-order valence-electron chi connectivity index (χ1n) is 6.40. The summed E-state index contributed by atoms with van der Waals surface area (Å²) in [5.74, 6) is 7.44. The highest BCUT2D eigenvalue weighted by atomic mass is 16.6. The number of nitrogens with zero attached hydrogens (tertiary/aromatic N) is 1. The number of hydrogen-bond acceptors (Lipinski definition) is 5. The lowest BCUT2D eigenvalue weighted by Crippen LogP contribution is -2.15. The minimum absolute atomic E-state index is 0.338. The second-order valence-electron chi connectivity index (χ2n) is 4.91. The molecule has 0 saturated heterocycles. The molecule has 0 atom stereocenters. The van der Waals surface area contributed by atoms with Gasteiger partial charge in [-0.05, 0) is 18.1 Å². The van der Waals surface area contributed by atoms with E-state index < -0.39 is 0 Å². The van der Waals surface area contributed by atoms with Crippen LogP contribution in [0.2, 0.25) is 0 Å². The Morgan fingerprint density at radius 3 is 2.47 bits per heavy atom. The third-order valence-corrected chi connectivity index (χ3v) is 3.24. The Labute approximate surface area is 111 Å². The van der Waals surface area contributed by atoms with Crippen LogP contribution in [0.4, 0.5) is 5.69 Å². The van der Waals surface area contributed by atoms with Gasteiger partial charge in [0.25, 0.3) is 0 Å². The van der Waals surface area contributed by atoms with E-state index in [0.717, 1.165) is 33.8 Å². The number of nitrogens with two attached hydrogens (primary N) is 1. The van der Waals surface area contributed by atoms with Gasteiger partial charge in [0.1, 0.15) is 13.2 Å². The minimum atomic E-state index is 0.338. The maximum Gasteiger partial charge on any atom is 0.163 e. The molecule has 100 valence electrons. The van der Waals surface area contributed by atoms with Crippen molar-refractivity contribution in [3.8, 4) is 11.5 Å². The molecule has 5 nitrogen and oxygen atoms in total. The number of aromatic nitrogens is 1. The van der Waals surface area contributed by atoms with Crippen LogP contribution in [0.15, 0.2) is 18.2 Å². The van der Waals surface area contributed by atoms with E-state index in [2.05, 4.69) is 24.3 Å². The first-order chi connectivity index (χ1) is 9.19. The lowest BCUT2D eigenvalue weighted by Gasteiger charge is -2.20.